The number of nitrogens with one attached hydrogen (secondary N) is 2. The molecule has 0 radical (unpaired) electrons. The SMILES string of the molecule is CC(C)C(NC(=O)[C@@H](NC(=O)OC(C)(C)C)C(C)(C)C)C1CCC1. The van der Waals surface area contributed by atoms with Crippen molar-refractivity contribution in [3.05, 3.63) is 0 Å². The van der Waals surface area contributed by atoms with Crippen molar-refractivity contribution >= 4 is 12.0 Å². The van der Waals surface area contributed by atoms with Gasteiger partial charge < -0.3 is 15.4 Å². The van der Waals surface area contributed by atoms with E-state index < -0.39 is 23.2 Å². The van der Waals surface area contributed by atoms with E-state index in [0.29, 0.717) is 11.8 Å². The highest BCUT2D eigenvalue weighted by Gasteiger charge is 2.37. The predicted octanol–water partition coefficient (Wildman–Crippen LogP) is 3.87. The number of rotatable bonds is 5. The van der Waals surface area contributed by atoms with Crippen LogP contribution in [0.3, 0.4) is 0 Å². The number of hydrogen-bond donors (Lipinski definition) is 2. The smallest absolute Gasteiger partial charge is 0.408 e. The second kappa shape index (κ2) is 7.75. The molecule has 24 heavy (non-hydrogen) atoms. The van der Waals surface area contributed by atoms with Crippen LogP contribution >= 0.6 is 0 Å². The van der Waals surface area contributed by atoms with Gasteiger partial charge in [0.1, 0.15) is 11.6 Å². The molecule has 0 aromatic carbocycles. The summed E-state index contributed by atoms with van der Waals surface area (Å²) in [6.07, 6.45) is 3.02. The van der Waals surface area contributed by atoms with Crippen LogP contribution in [0.25, 0.3) is 0 Å². The lowest BCUT2D eigenvalue weighted by molar-refractivity contribution is -0.127. The first-order chi connectivity index (χ1) is 10.8. The molecule has 0 spiro atoms. The zero-order valence-corrected chi connectivity index (χ0v) is 16.7. The summed E-state index contributed by atoms with van der Waals surface area (Å²) >= 11 is 0. The van der Waals surface area contributed by atoms with Gasteiger partial charge >= 0.3 is 6.09 Å². The number of ether oxygens (including phenoxy) is 1. The Morgan fingerprint density at radius 3 is 1.88 bits per heavy atom. The number of hydrogen-bond acceptors (Lipinski definition) is 3. The zero-order valence-electron chi connectivity index (χ0n) is 16.7. The second-order valence-electron chi connectivity index (χ2n) is 9.41. The minimum atomic E-state index is -0.631. The maximum Gasteiger partial charge on any atom is 0.408 e. The van der Waals surface area contributed by atoms with E-state index in [9.17, 15) is 9.59 Å². The molecule has 1 aliphatic carbocycles. The van der Waals surface area contributed by atoms with Crippen molar-refractivity contribution in [1.82, 2.24) is 10.6 Å². The van der Waals surface area contributed by atoms with Gasteiger partial charge in [-0.2, -0.15) is 0 Å². The van der Waals surface area contributed by atoms with E-state index >= 15 is 0 Å². The highest BCUT2D eigenvalue weighted by atomic mass is 16.6. The molecule has 1 fully saturated rings. The molecule has 0 heterocycles. The van der Waals surface area contributed by atoms with Gasteiger partial charge in [-0.05, 0) is 50.9 Å². The molecule has 1 saturated carbocycles. The van der Waals surface area contributed by atoms with E-state index in [1.807, 2.05) is 41.5 Å². The molecule has 0 bridgehead atoms. The Morgan fingerprint density at radius 2 is 1.54 bits per heavy atom. The summed E-state index contributed by atoms with van der Waals surface area (Å²) in [5, 5.41) is 5.94. The average Bonchev–Trinajstić information content (AvgIpc) is 2.28. The number of carbonyl (C=O) groups is 2. The first-order valence-electron chi connectivity index (χ1n) is 9.11. The quantitative estimate of drug-likeness (QED) is 0.798. The first-order valence-corrected chi connectivity index (χ1v) is 9.11. The van der Waals surface area contributed by atoms with E-state index in [2.05, 4.69) is 24.5 Å². The Balaban J connectivity index is 2.79. The Morgan fingerprint density at radius 1 is 1.00 bits per heavy atom. The molecule has 1 unspecified atom stereocenters. The Hall–Kier alpha value is -1.26. The average molecular weight is 341 g/mol. The van der Waals surface area contributed by atoms with Crippen LogP contribution in [0.15, 0.2) is 0 Å². The summed E-state index contributed by atoms with van der Waals surface area (Å²) in [5.74, 6) is 0.802. The fourth-order valence-corrected chi connectivity index (χ4v) is 2.98. The lowest BCUT2D eigenvalue weighted by Crippen LogP contribution is -2.58. The molecule has 5 nitrogen and oxygen atoms in total. The van der Waals surface area contributed by atoms with E-state index in [1.165, 1.54) is 19.3 Å². The van der Waals surface area contributed by atoms with Gasteiger partial charge in [-0.3, -0.25) is 4.79 Å². The van der Waals surface area contributed by atoms with Crippen LogP contribution in [0.5, 0.6) is 0 Å². The molecule has 140 valence electrons. The normalized spacial score (nSPS) is 18.5. The molecular weight excluding hydrogens is 304 g/mol. The highest BCUT2D eigenvalue weighted by Crippen LogP contribution is 2.33. The third-order valence-electron chi connectivity index (χ3n) is 4.47. The van der Waals surface area contributed by atoms with Gasteiger partial charge in [0, 0.05) is 6.04 Å². The van der Waals surface area contributed by atoms with E-state index in [4.69, 9.17) is 4.74 Å². The highest BCUT2D eigenvalue weighted by molar-refractivity contribution is 5.86. The number of carbonyl (C=O) groups excluding carboxylic acids is 2. The fourth-order valence-electron chi connectivity index (χ4n) is 2.98. The standard InChI is InChI=1S/C19H36N2O3/c1-12(2)14(13-10-9-11-13)20-16(22)15(18(3,4)5)21-17(23)24-19(6,7)8/h12-15H,9-11H2,1-8H3,(H,20,22)(H,21,23)/t14?,15-/m1/s1. The minimum Gasteiger partial charge on any atom is -0.444 e. The van der Waals surface area contributed by atoms with Gasteiger partial charge in [-0.25, -0.2) is 4.79 Å². The predicted molar refractivity (Wildman–Crippen MR) is 96.7 cm³/mol. The topological polar surface area (TPSA) is 67.4 Å². The molecule has 5 heteroatoms. The Labute approximate surface area is 147 Å². The van der Waals surface area contributed by atoms with Crippen LogP contribution in [0.1, 0.15) is 74.7 Å². The molecule has 0 aromatic heterocycles. The zero-order chi connectivity index (χ0) is 18.7. The van der Waals surface area contributed by atoms with Crippen molar-refractivity contribution in [2.24, 2.45) is 17.3 Å². The van der Waals surface area contributed by atoms with Crippen molar-refractivity contribution in [2.45, 2.75) is 92.3 Å². The van der Waals surface area contributed by atoms with Gasteiger partial charge in [0.2, 0.25) is 5.91 Å². The summed E-state index contributed by atoms with van der Waals surface area (Å²) in [4.78, 5) is 25.0. The van der Waals surface area contributed by atoms with Crippen molar-refractivity contribution in [1.29, 1.82) is 0 Å². The van der Waals surface area contributed by atoms with Crippen LogP contribution < -0.4 is 10.6 Å². The number of alkyl carbamates (subject to hydrolysis) is 1. The van der Waals surface area contributed by atoms with Crippen LogP contribution in [0.4, 0.5) is 4.79 Å². The maximum atomic E-state index is 12.9. The van der Waals surface area contributed by atoms with Crippen LogP contribution in [-0.2, 0) is 9.53 Å². The molecule has 0 aliphatic heterocycles. The summed E-state index contributed by atoms with van der Waals surface area (Å²) < 4.78 is 5.32. The summed E-state index contributed by atoms with van der Waals surface area (Å²) in [7, 11) is 0. The number of amides is 2. The van der Waals surface area contributed by atoms with Crippen molar-refractivity contribution in [3.8, 4) is 0 Å². The van der Waals surface area contributed by atoms with E-state index in [-0.39, 0.29) is 11.9 Å². The van der Waals surface area contributed by atoms with Crippen molar-refractivity contribution in [2.75, 3.05) is 0 Å². The molecule has 0 saturated heterocycles. The lowest BCUT2D eigenvalue weighted by Gasteiger charge is -2.39. The molecule has 2 atom stereocenters. The Kier molecular flexibility index (Phi) is 6.71. The summed E-state index contributed by atoms with van der Waals surface area (Å²) in [5.41, 5.74) is -0.989. The Bertz CT molecular complexity index is 443. The maximum absolute atomic E-state index is 12.9. The van der Waals surface area contributed by atoms with Gasteiger partial charge in [0.25, 0.3) is 0 Å². The van der Waals surface area contributed by atoms with Gasteiger partial charge in [0.05, 0.1) is 0 Å². The molecule has 1 aliphatic rings. The van der Waals surface area contributed by atoms with Gasteiger partial charge in [-0.1, -0.05) is 41.0 Å². The van der Waals surface area contributed by atoms with Crippen molar-refractivity contribution < 1.29 is 14.3 Å². The van der Waals surface area contributed by atoms with Gasteiger partial charge in [-0.15, -0.1) is 0 Å². The molecule has 2 N–H and O–H groups in total. The van der Waals surface area contributed by atoms with Crippen LogP contribution in [-0.4, -0.2) is 29.7 Å². The largest absolute Gasteiger partial charge is 0.444 e. The van der Waals surface area contributed by atoms with E-state index in [0.717, 1.165) is 0 Å². The summed E-state index contributed by atoms with van der Waals surface area (Å²) in [6.45, 7) is 15.5. The third-order valence-corrected chi connectivity index (χ3v) is 4.47. The summed E-state index contributed by atoms with van der Waals surface area (Å²) in [6, 6.07) is -0.467. The first kappa shape index (κ1) is 20.8. The van der Waals surface area contributed by atoms with Crippen LogP contribution in [0.2, 0.25) is 0 Å². The van der Waals surface area contributed by atoms with Gasteiger partial charge in [0.15, 0.2) is 0 Å². The third kappa shape index (κ3) is 6.33. The molecular formula is C19H36N2O3. The fraction of sp³-hybridized carbons (Fsp3) is 0.895. The second-order valence-corrected chi connectivity index (χ2v) is 9.41. The lowest BCUT2D eigenvalue weighted by atomic mass is 9.75. The van der Waals surface area contributed by atoms with Crippen LogP contribution in [0, 0.1) is 17.3 Å². The minimum absolute atomic E-state index is 0.126. The molecule has 2 amide bonds. The monoisotopic (exact) mass is 340 g/mol. The molecule has 0 aromatic rings. The van der Waals surface area contributed by atoms with Crippen molar-refractivity contribution in [3.63, 3.8) is 0 Å². The van der Waals surface area contributed by atoms with E-state index in [1.54, 1.807) is 0 Å². The molecule has 1 rings (SSSR count).